The second-order valence-electron chi connectivity index (χ2n) is 8.49. The van der Waals surface area contributed by atoms with Gasteiger partial charge in [0.1, 0.15) is 0 Å². The summed E-state index contributed by atoms with van der Waals surface area (Å²) in [6, 6.07) is 19.6. The smallest absolute Gasteiger partial charge is 0.233 e. The summed E-state index contributed by atoms with van der Waals surface area (Å²) in [5.74, 6) is 0.377. The molecule has 2 aromatic heterocycles. The van der Waals surface area contributed by atoms with Gasteiger partial charge in [0.25, 0.3) is 0 Å². The highest BCUT2D eigenvalue weighted by molar-refractivity contribution is 7.91. The van der Waals surface area contributed by atoms with Gasteiger partial charge in [-0.3, -0.25) is 4.90 Å². The van der Waals surface area contributed by atoms with Crippen LogP contribution in [0, 0.1) is 0 Å². The highest BCUT2D eigenvalue weighted by Gasteiger charge is 2.30. The van der Waals surface area contributed by atoms with Crippen LogP contribution in [-0.2, 0) is 9.84 Å². The summed E-state index contributed by atoms with van der Waals surface area (Å²) in [6.45, 7) is 2.55. The molecule has 1 unspecified atom stereocenters. The molecule has 0 radical (unpaired) electrons. The predicted octanol–water partition coefficient (Wildman–Crippen LogP) is 6.53. The Morgan fingerprint density at radius 3 is 2.43 bits per heavy atom. The number of thiophene rings is 1. The van der Waals surface area contributed by atoms with Crippen molar-refractivity contribution in [1.82, 2.24) is 9.88 Å². The van der Waals surface area contributed by atoms with Gasteiger partial charge in [-0.15, -0.1) is 11.3 Å². The molecule has 4 aromatic rings. The number of hydrogen-bond donors (Lipinski definition) is 1. The molecule has 1 atom stereocenters. The van der Waals surface area contributed by atoms with Crippen LogP contribution in [-0.4, -0.2) is 37.9 Å². The lowest BCUT2D eigenvalue weighted by Gasteiger charge is -2.34. The molecule has 1 N–H and O–H groups in total. The summed E-state index contributed by atoms with van der Waals surface area (Å²) in [5.41, 5.74) is 0.651. The van der Waals surface area contributed by atoms with Crippen molar-refractivity contribution >= 4 is 38.7 Å². The minimum Gasteiger partial charge on any atom is -0.419 e. The van der Waals surface area contributed by atoms with E-state index in [9.17, 15) is 8.42 Å². The Bertz CT molecular complexity index is 1350. The van der Waals surface area contributed by atoms with Gasteiger partial charge in [-0.1, -0.05) is 42.3 Å². The van der Waals surface area contributed by atoms with Gasteiger partial charge in [0.15, 0.2) is 0 Å². The van der Waals surface area contributed by atoms with Crippen LogP contribution in [0.25, 0.3) is 11.5 Å². The highest BCUT2D eigenvalue weighted by Crippen LogP contribution is 2.34. The Balaban J connectivity index is 1.50. The zero-order chi connectivity index (χ0) is 24.3. The van der Waals surface area contributed by atoms with Gasteiger partial charge in [0.2, 0.25) is 26.6 Å². The molecule has 9 heteroatoms. The zero-order valence-corrected chi connectivity index (χ0v) is 21.5. The number of benzene rings is 2. The first-order chi connectivity index (χ1) is 17.0. The number of rotatable bonds is 8. The number of nitrogens with one attached hydrogen (secondary N) is 1. The molecule has 5 rings (SSSR count). The summed E-state index contributed by atoms with van der Waals surface area (Å²) in [5, 5.41) is 5.85. The third-order valence-corrected chi connectivity index (χ3v) is 9.06. The van der Waals surface area contributed by atoms with Crippen molar-refractivity contribution < 1.29 is 12.8 Å². The third kappa shape index (κ3) is 5.30. The zero-order valence-electron chi connectivity index (χ0n) is 19.1. The van der Waals surface area contributed by atoms with Gasteiger partial charge >= 0.3 is 0 Å². The van der Waals surface area contributed by atoms with E-state index in [1.807, 2.05) is 0 Å². The number of aromatic nitrogens is 1. The standard InChI is InChI=1S/C26H26ClN3O3S2/c27-20-13-11-19(12-14-20)24-29-26(35(31,32)21-8-3-1-4-9-21)25(33-24)28-18-22(23-10-7-17-34-23)30-15-5-2-6-16-30/h1,3-4,7-14,17,22,28H,2,5-6,15-16,18H2. The summed E-state index contributed by atoms with van der Waals surface area (Å²) >= 11 is 7.74. The topological polar surface area (TPSA) is 75.4 Å². The van der Waals surface area contributed by atoms with Gasteiger partial charge in [-0.25, -0.2) is 8.42 Å². The predicted molar refractivity (Wildman–Crippen MR) is 140 cm³/mol. The maximum Gasteiger partial charge on any atom is 0.233 e. The van der Waals surface area contributed by atoms with Crippen LogP contribution in [0.4, 0.5) is 5.88 Å². The molecule has 1 aliphatic heterocycles. The van der Waals surface area contributed by atoms with Crippen molar-refractivity contribution in [3.8, 4) is 11.5 Å². The Labute approximate surface area is 214 Å². The number of hydrogen-bond acceptors (Lipinski definition) is 7. The number of nitrogens with zero attached hydrogens (tertiary/aromatic N) is 2. The van der Waals surface area contributed by atoms with E-state index >= 15 is 0 Å². The molecule has 0 bridgehead atoms. The molecule has 1 fully saturated rings. The summed E-state index contributed by atoms with van der Waals surface area (Å²) in [6.07, 6.45) is 3.57. The minimum atomic E-state index is -3.90. The minimum absolute atomic E-state index is 0.114. The molecule has 182 valence electrons. The van der Waals surface area contributed by atoms with Crippen molar-refractivity contribution in [3.63, 3.8) is 0 Å². The van der Waals surface area contributed by atoms with Crippen LogP contribution in [0.1, 0.15) is 30.2 Å². The second-order valence-corrected chi connectivity index (χ2v) is 11.8. The normalized spacial score (nSPS) is 15.7. The molecule has 3 heterocycles. The fraction of sp³-hybridized carbons (Fsp3) is 0.269. The molecule has 1 aliphatic rings. The van der Waals surface area contributed by atoms with E-state index in [0.29, 0.717) is 17.1 Å². The van der Waals surface area contributed by atoms with Crippen molar-refractivity contribution in [2.45, 2.75) is 35.2 Å². The van der Waals surface area contributed by atoms with Crippen molar-refractivity contribution in [2.24, 2.45) is 0 Å². The Morgan fingerprint density at radius 2 is 1.74 bits per heavy atom. The Kier molecular flexibility index (Phi) is 7.24. The second kappa shape index (κ2) is 10.5. The number of anilines is 1. The molecule has 0 aliphatic carbocycles. The van der Waals surface area contributed by atoms with Gasteiger partial charge in [-0.2, -0.15) is 4.98 Å². The van der Waals surface area contributed by atoms with Gasteiger partial charge in [0, 0.05) is 22.0 Å². The van der Waals surface area contributed by atoms with Crippen LogP contribution in [0.3, 0.4) is 0 Å². The first-order valence-corrected chi connectivity index (χ1v) is 14.3. The third-order valence-electron chi connectivity index (χ3n) is 6.15. The molecular formula is C26H26ClN3O3S2. The van der Waals surface area contributed by atoms with Crippen LogP contribution in [0.5, 0.6) is 0 Å². The molecule has 2 aromatic carbocycles. The molecule has 35 heavy (non-hydrogen) atoms. The molecular weight excluding hydrogens is 502 g/mol. The number of halogens is 1. The van der Waals surface area contributed by atoms with Gasteiger partial charge in [0.05, 0.1) is 10.9 Å². The highest BCUT2D eigenvalue weighted by atomic mass is 35.5. The van der Waals surface area contributed by atoms with E-state index in [1.165, 1.54) is 24.1 Å². The lowest BCUT2D eigenvalue weighted by atomic mass is 10.1. The lowest BCUT2D eigenvalue weighted by Crippen LogP contribution is -2.36. The van der Waals surface area contributed by atoms with Crippen LogP contribution in [0.2, 0.25) is 5.02 Å². The van der Waals surface area contributed by atoms with Crippen LogP contribution >= 0.6 is 22.9 Å². The van der Waals surface area contributed by atoms with Crippen LogP contribution in [0.15, 0.2) is 86.4 Å². The quantitative estimate of drug-likeness (QED) is 0.281. The van der Waals surface area contributed by atoms with Crippen LogP contribution < -0.4 is 5.32 Å². The molecule has 0 saturated carbocycles. The first-order valence-electron chi connectivity index (χ1n) is 11.6. The maximum absolute atomic E-state index is 13.5. The van der Waals surface area contributed by atoms with E-state index < -0.39 is 9.84 Å². The summed E-state index contributed by atoms with van der Waals surface area (Å²) in [4.78, 5) is 8.31. The van der Waals surface area contributed by atoms with Gasteiger partial charge < -0.3 is 9.73 Å². The average molecular weight is 528 g/mol. The SMILES string of the molecule is O=S(=O)(c1ccccc1)c1nc(-c2ccc(Cl)cc2)oc1NCC(c1cccs1)N1CCCCC1. The molecule has 0 spiro atoms. The molecule has 1 saturated heterocycles. The summed E-state index contributed by atoms with van der Waals surface area (Å²) < 4.78 is 33.1. The van der Waals surface area contributed by atoms with E-state index in [4.69, 9.17) is 16.0 Å². The monoisotopic (exact) mass is 527 g/mol. The summed E-state index contributed by atoms with van der Waals surface area (Å²) in [7, 11) is -3.90. The number of likely N-dealkylation sites (tertiary alicyclic amines) is 1. The largest absolute Gasteiger partial charge is 0.419 e. The fourth-order valence-corrected chi connectivity index (χ4v) is 6.62. The van der Waals surface area contributed by atoms with E-state index in [2.05, 4.69) is 32.7 Å². The maximum atomic E-state index is 13.5. The molecule has 0 amide bonds. The number of oxazole rings is 1. The molecule has 6 nitrogen and oxygen atoms in total. The fourth-order valence-electron chi connectivity index (χ4n) is 4.34. The first kappa shape index (κ1) is 24.1. The number of sulfone groups is 1. The van der Waals surface area contributed by atoms with Crippen molar-refractivity contribution in [1.29, 1.82) is 0 Å². The average Bonchev–Trinajstić information content (AvgIpc) is 3.57. The van der Waals surface area contributed by atoms with Crippen molar-refractivity contribution in [2.75, 3.05) is 25.0 Å². The van der Waals surface area contributed by atoms with E-state index in [1.54, 1.807) is 65.9 Å². The van der Waals surface area contributed by atoms with E-state index in [-0.39, 0.29) is 27.7 Å². The number of piperidine rings is 1. The Morgan fingerprint density at radius 1 is 1.00 bits per heavy atom. The lowest BCUT2D eigenvalue weighted by molar-refractivity contribution is 0.172. The van der Waals surface area contributed by atoms with Crippen molar-refractivity contribution in [3.05, 3.63) is 82.0 Å². The van der Waals surface area contributed by atoms with Gasteiger partial charge in [-0.05, 0) is 73.8 Å². The van der Waals surface area contributed by atoms with E-state index in [0.717, 1.165) is 13.1 Å². The Hall–Kier alpha value is -2.65.